The highest BCUT2D eigenvalue weighted by molar-refractivity contribution is 8.00. The lowest BCUT2D eigenvalue weighted by Crippen LogP contribution is -2.46. The third-order valence-corrected chi connectivity index (χ3v) is 5.64. The third kappa shape index (κ3) is 3.74. The van der Waals surface area contributed by atoms with Gasteiger partial charge in [0.15, 0.2) is 0 Å². The van der Waals surface area contributed by atoms with Gasteiger partial charge in [-0.2, -0.15) is 0 Å². The molecule has 1 unspecified atom stereocenters. The van der Waals surface area contributed by atoms with Crippen LogP contribution in [-0.4, -0.2) is 46.6 Å². The van der Waals surface area contributed by atoms with Crippen molar-refractivity contribution in [3.05, 3.63) is 18.3 Å². The number of rotatable bonds is 4. The number of piperidine rings is 1. The summed E-state index contributed by atoms with van der Waals surface area (Å²) in [5.74, 6) is 0.507. The Morgan fingerprint density at radius 2 is 2.08 bits per heavy atom. The van der Waals surface area contributed by atoms with Gasteiger partial charge >= 0.3 is 0 Å². The fraction of sp³-hybridized carbons (Fsp3) is 0.611. The minimum atomic E-state index is -0.361. The molecule has 0 radical (unpaired) electrons. The van der Waals surface area contributed by atoms with Crippen molar-refractivity contribution in [1.29, 1.82) is 0 Å². The second-order valence-corrected chi connectivity index (χ2v) is 8.11. The van der Waals surface area contributed by atoms with Crippen molar-refractivity contribution < 1.29 is 9.59 Å². The van der Waals surface area contributed by atoms with Crippen LogP contribution in [0.3, 0.4) is 0 Å². The monoisotopic (exact) mass is 347 g/mol. The molecule has 0 bridgehead atoms. The zero-order valence-corrected chi connectivity index (χ0v) is 15.2. The summed E-state index contributed by atoms with van der Waals surface area (Å²) in [6, 6.07) is 3.80. The van der Waals surface area contributed by atoms with Crippen LogP contribution < -0.4 is 4.90 Å². The lowest BCUT2D eigenvalue weighted by Gasteiger charge is -2.35. The van der Waals surface area contributed by atoms with Gasteiger partial charge in [-0.15, -0.1) is 0 Å². The van der Waals surface area contributed by atoms with Gasteiger partial charge in [0.05, 0.1) is 10.9 Å². The SMILES string of the molecule is CC(C)CN1C(=O)C(CC(=O)N2CCCCC2)Sc2ncccc21. The van der Waals surface area contributed by atoms with E-state index in [9.17, 15) is 9.59 Å². The normalized spacial score (nSPS) is 21.1. The Kier molecular flexibility index (Phi) is 5.43. The number of fused-ring (bicyclic) bond motifs is 1. The Balaban J connectivity index is 1.77. The summed E-state index contributed by atoms with van der Waals surface area (Å²) in [5, 5.41) is 0.495. The first-order valence-corrected chi connectivity index (χ1v) is 9.65. The van der Waals surface area contributed by atoms with Crippen molar-refractivity contribution in [3.63, 3.8) is 0 Å². The fourth-order valence-corrected chi connectivity index (χ4v) is 4.41. The molecule has 0 aliphatic carbocycles. The first-order valence-electron chi connectivity index (χ1n) is 8.77. The molecule has 0 saturated carbocycles. The van der Waals surface area contributed by atoms with Crippen molar-refractivity contribution in [2.45, 2.75) is 49.8 Å². The van der Waals surface area contributed by atoms with Gasteiger partial charge in [0, 0.05) is 32.3 Å². The molecule has 1 atom stereocenters. The highest BCUT2D eigenvalue weighted by atomic mass is 32.2. The molecule has 3 heterocycles. The summed E-state index contributed by atoms with van der Waals surface area (Å²) in [6.45, 7) is 6.51. The van der Waals surface area contributed by atoms with Gasteiger partial charge in [-0.3, -0.25) is 9.59 Å². The molecular weight excluding hydrogens is 322 g/mol. The van der Waals surface area contributed by atoms with Gasteiger partial charge in [-0.05, 0) is 37.3 Å². The van der Waals surface area contributed by atoms with Crippen LogP contribution in [0.5, 0.6) is 0 Å². The number of aromatic nitrogens is 1. The van der Waals surface area contributed by atoms with Crippen molar-refractivity contribution in [3.8, 4) is 0 Å². The zero-order valence-electron chi connectivity index (χ0n) is 14.4. The molecule has 5 nitrogen and oxygen atoms in total. The van der Waals surface area contributed by atoms with Crippen molar-refractivity contribution in [1.82, 2.24) is 9.88 Å². The summed E-state index contributed by atoms with van der Waals surface area (Å²) in [4.78, 5) is 33.7. The van der Waals surface area contributed by atoms with Crippen LogP contribution in [0.15, 0.2) is 23.4 Å². The summed E-state index contributed by atoms with van der Waals surface area (Å²) < 4.78 is 0. The molecule has 0 N–H and O–H groups in total. The number of nitrogens with zero attached hydrogens (tertiary/aromatic N) is 3. The molecule has 1 fully saturated rings. The number of likely N-dealkylation sites (tertiary alicyclic amines) is 1. The standard InChI is InChI=1S/C18H25N3O2S/c1-13(2)12-21-14-7-6-8-19-17(14)24-15(18(21)23)11-16(22)20-9-4-3-5-10-20/h6-8,13,15H,3-5,9-12H2,1-2H3. The molecule has 1 aromatic rings. The number of carbonyl (C=O) groups is 2. The summed E-state index contributed by atoms with van der Waals surface area (Å²) in [5.41, 5.74) is 0.878. The summed E-state index contributed by atoms with van der Waals surface area (Å²) in [6.07, 6.45) is 5.36. The molecule has 0 spiro atoms. The number of carbonyl (C=O) groups excluding carboxylic acids is 2. The molecule has 6 heteroatoms. The quantitative estimate of drug-likeness (QED) is 0.840. The van der Waals surface area contributed by atoms with Crippen molar-refractivity contribution >= 4 is 29.3 Å². The topological polar surface area (TPSA) is 53.5 Å². The number of pyridine rings is 1. The molecule has 2 aliphatic heterocycles. The number of amides is 2. The van der Waals surface area contributed by atoms with Crippen LogP contribution >= 0.6 is 11.8 Å². The third-order valence-electron chi connectivity index (χ3n) is 4.45. The summed E-state index contributed by atoms with van der Waals surface area (Å²) >= 11 is 1.44. The van der Waals surface area contributed by atoms with E-state index < -0.39 is 0 Å². The first kappa shape index (κ1) is 17.3. The maximum atomic E-state index is 12.9. The largest absolute Gasteiger partial charge is 0.343 e. The fourth-order valence-electron chi connectivity index (χ4n) is 3.27. The van der Waals surface area contributed by atoms with Gasteiger partial charge in [0.1, 0.15) is 5.03 Å². The minimum Gasteiger partial charge on any atom is -0.343 e. The maximum Gasteiger partial charge on any atom is 0.241 e. The molecule has 130 valence electrons. The molecule has 1 saturated heterocycles. The van der Waals surface area contributed by atoms with E-state index in [1.54, 1.807) is 6.20 Å². The molecule has 24 heavy (non-hydrogen) atoms. The van der Waals surface area contributed by atoms with Gasteiger partial charge in [0.2, 0.25) is 11.8 Å². The lowest BCUT2D eigenvalue weighted by molar-refractivity contribution is -0.133. The first-order chi connectivity index (χ1) is 11.6. The predicted molar refractivity (Wildman–Crippen MR) is 96.1 cm³/mol. The Labute approximate surface area is 147 Å². The van der Waals surface area contributed by atoms with E-state index in [1.165, 1.54) is 18.2 Å². The summed E-state index contributed by atoms with van der Waals surface area (Å²) in [7, 11) is 0. The van der Waals surface area contributed by atoms with Crippen molar-refractivity contribution in [2.24, 2.45) is 5.92 Å². The zero-order chi connectivity index (χ0) is 17.1. The smallest absolute Gasteiger partial charge is 0.241 e. The van der Waals surface area contributed by atoms with Gasteiger partial charge in [0.25, 0.3) is 0 Å². The molecule has 3 rings (SSSR count). The van der Waals surface area contributed by atoms with Gasteiger partial charge < -0.3 is 9.80 Å². The van der Waals surface area contributed by atoms with Crippen LogP contribution in [0.25, 0.3) is 0 Å². The van der Waals surface area contributed by atoms with Crippen LogP contribution in [0.1, 0.15) is 39.5 Å². The Morgan fingerprint density at radius 3 is 2.79 bits per heavy atom. The Hall–Kier alpha value is -1.56. The number of hydrogen-bond acceptors (Lipinski definition) is 4. The predicted octanol–water partition coefficient (Wildman–Crippen LogP) is 2.95. The van der Waals surface area contributed by atoms with Gasteiger partial charge in [-0.1, -0.05) is 25.6 Å². The highest BCUT2D eigenvalue weighted by Gasteiger charge is 2.36. The lowest BCUT2D eigenvalue weighted by atomic mass is 10.1. The number of anilines is 1. The van der Waals surface area contributed by atoms with Gasteiger partial charge in [-0.25, -0.2) is 4.98 Å². The molecule has 2 amide bonds. The van der Waals surface area contributed by atoms with Crippen molar-refractivity contribution in [2.75, 3.05) is 24.5 Å². The second kappa shape index (κ2) is 7.55. The van der Waals surface area contributed by atoms with Crippen LogP contribution in [0.4, 0.5) is 5.69 Å². The Morgan fingerprint density at radius 1 is 1.33 bits per heavy atom. The molecule has 2 aliphatic rings. The number of hydrogen-bond donors (Lipinski definition) is 0. The Bertz CT molecular complexity index is 614. The van der Waals surface area contributed by atoms with E-state index in [2.05, 4.69) is 18.8 Å². The molecular formula is C18H25N3O2S. The van der Waals surface area contributed by atoms with E-state index >= 15 is 0 Å². The number of thioether (sulfide) groups is 1. The molecule has 1 aromatic heterocycles. The van der Waals surface area contributed by atoms with Crippen LogP contribution in [-0.2, 0) is 9.59 Å². The second-order valence-electron chi connectivity index (χ2n) is 6.92. The van der Waals surface area contributed by atoms with E-state index in [0.29, 0.717) is 12.5 Å². The minimum absolute atomic E-state index is 0.0413. The average Bonchev–Trinajstić information content (AvgIpc) is 2.59. The van der Waals surface area contributed by atoms with Crippen LogP contribution in [0, 0.1) is 5.92 Å². The van der Waals surface area contributed by atoms with Crippen LogP contribution in [0.2, 0.25) is 0 Å². The average molecular weight is 347 g/mol. The van der Waals surface area contributed by atoms with E-state index in [0.717, 1.165) is 36.6 Å². The van der Waals surface area contributed by atoms with E-state index in [1.807, 2.05) is 21.9 Å². The maximum absolute atomic E-state index is 12.9. The molecule has 0 aromatic carbocycles. The highest BCUT2D eigenvalue weighted by Crippen LogP contribution is 2.39. The van der Waals surface area contributed by atoms with E-state index in [-0.39, 0.29) is 23.5 Å². The van der Waals surface area contributed by atoms with E-state index in [4.69, 9.17) is 0 Å².